The molecule has 2 rings (SSSR count). The van der Waals surface area contributed by atoms with Crippen LogP contribution < -0.4 is 10.1 Å². The van der Waals surface area contributed by atoms with Gasteiger partial charge in [-0.2, -0.15) is 0 Å². The first-order valence-corrected chi connectivity index (χ1v) is 7.18. The van der Waals surface area contributed by atoms with Crippen molar-refractivity contribution in [2.45, 2.75) is 33.4 Å². The highest BCUT2D eigenvalue weighted by atomic mass is 19.1. The average molecular weight is 288 g/mol. The summed E-state index contributed by atoms with van der Waals surface area (Å²) in [6.07, 6.45) is 1.75. The predicted molar refractivity (Wildman–Crippen MR) is 81.8 cm³/mol. The maximum atomic E-state index is 13.5. The van der Waals surface area contributed by atoms with E-state index in [0.717, 1.165) is 23.4 Å². The molecule has 1 aromatic carbocycles. The number of hydrogen-bond acceptors (Lipinski definition) is 3. The Bertz CT molecular complexity index is 601. The fourth-order valence-electron chi connectivity index (χ4n) is 2.22. The Morgan fingerprint density at radius 3 is 2.86 bits per heavy atom. The number of aryl methyl sites for hydroxylation is 1. The Labute approximate surface area is 125 Å². The lowest BCUT2D eigenvalue weighted by atomic mass is 10.1. The van der Waals surface area contributed by atoms with Crippen LogP contribution in [0.5, 0.6) is 5.75 Å². The maximum absolute atomic E-state index is 13.5. The summed E-state index contributed by atoms with van der Waals surface area (Å²) in [5.41, 5.74) is 2.80. The monoisotopic (exact) mass is 288 g/mol. The standard InChI is InChI=1S/C17H21FN2O/c1-4-19-13(3)15-10-14(18)7-8-17(15)21-11-16-12(2)6-5-9-20-16/h5-10,13,19H,4,11H2,1-3H3. The van der Waals surface area contributed by atoms with Gasteiger partial charge in [-0.1, -0.05) is 13.0 Å². The van der Waals surface area contributed by atoms with Gasteiger partial charge < -0.3 is 10.1 Å². The molecule has 0 radical (unpaired) electrons. The molecule has 21 heavy (non-hydrogen) atoms. The Morgan fingerprint density at radius 2 is 2.14 bits per heavy atom. The van der Waals surface area contributed by atoms with E-state index in [2.05, 4.69) is 10.3 Å². The first kappa shape index (κ1) is 15.4. The molecule has 0 fully saturated rings. The molecule has 1 aromatic heterocycles. The Kier molecular flexibility index (Phi) is 5.28. The van der Waals surface area contributed by atoms with E-state index < -0.39 is 0 Å². The number of pyridine rings is 1. The van der Waals surface area contributed by atoms with Crippen LogP contribution in [0.25, 0.3) is 0 Å². The zero-order chi connectivity index (χ0) is 15.2. The number of nitrogens with zero attached hydrogens (tertiary/aromatic N) is 1. The van der Waals surface area contributed by atoms with Gasteiger partial charge in [0.2, 0.25) is 0 Å². The summed E-state index contributed by atoms with van der Waals surface area (Å²) < 4.78 is 19.3. The summed E-state index contributed by atoms with van der Waals surface area (Å²) in [4.78, 5) is 4.31. The molecule has 4 heteroatoms. The van der Waals surface area contributed by atoms with E-state index in [9.17, 15) is 4.39 Å². The highest BCUT2D eigenvalue weighted by molar-refractivity contribution is 5.36. The van der Waals surface area contributed by atoms with Crippen LogP contribution >= 0.6 is 0 Å². The quantitative estimate of drug-likeness (QED) is 0.878. The normalized spacial score (nSPS) is 12.2. The van der Waals surface area contributed by atoms with Gasteiger partial charge in [-0.3, -0.25) is 4.98 Å². The van der Waals surface area contributed by atoms with Crippen molar-refractivity contribution in [3.63, 3.8) is 0 Å². The maximum Gasteiger partial charge on any atom is 0.130 e. The molecule has 0 bridgehead atoms. The molecular weight excluding hydrogens is 267 g/mol. The Hall–Kier alpha value is -1.94. The summed E-state index contributed by atoms with van der Waals surface area (Å²) in [6, 6.07) is 8.55. The molecule has 0 saturated carbocycles. The van der Waals surface area contributed by atoms with Crippen molar-refractivity contribution >= 4 is 0 Å². The largest absolute Gasteiger partial charge is 0.487 e. The third-order valence-electron chi connectivity index (χ3n) is 3.43. The average Bonchev–Trinajstić information content (AvgIpc) is 2.47. The topological polar surface area (TPSA) is 34.1 Å². The fourth-order valence-corrected chi connectivity index (χ4v) is 2.22. The summed E-state index contributed by atoms with van der Waals surface area (Å²) in [7, 11) is 0. The molecule has 2 aromatic rings. The smallest absolute Gasteiger partial charge is 0.130 e. The van der Waals surface area contributed by atoms with Gasteiger partial charge in [0.1, 0.15) is 18.2 Å². The van der Waals surface area contributed by atoms with Gasteiger partial charge in [0, 0.05) is 17.8 Å². The number of rotatable bonds is 6. The molecule has 112 valence electrons. The number of aromatic nitrogens is 1. The van der Waals surface area contributed by atoms with E-state index in [1.54, 1.807) is 12.3 Å². The van der Waals surface area contributed by atoms with Crippen LogP contribution in [0.4, 0.5) is 4.39 Å². The zero-order valence-electron chi connectivity index (χ0n) is 12.7. The van der Waals surface area contributed by atoms with E-state index in [0.29, 0.717) is 12.4 Å². The van der Waals surface area contributed by atoms with Crippen LogP contribution in [0, 0.1) is 12.7 Å². The summed E-state index contributed by atoms with van der Waals surface area (Å²) in [6.45, 7) is 7.21. The SMILES string of the molecule is CCNC(C)c1cc(F)ccc1OCc1ncccc1C. The summed E-state index contributed by atoms with van der Waals surface area (Å²) in [5, 5.41) is 3.28. The second-order valence-corrected chi connectivity index (χ2v) is 5.02. The van der Waals surface area contributed by atoms with E-state index >= 15 is 0 Å². The molecule has 1 N–H and O–H groups in total. The Morgan fingerprint density at radius 1 is 1.33 bits per heavy atom. The van der Waals surface area contributed by atoms with Gasteiger partial charge in [0.05, 0.1) is 5.69 Å². The number of ether oxygens (including phenoxy) is 1. The summed E-state index contributed by atoms with van der Waals surface area (Å²) >= 11 is 0. The molecule has 0 aliphatic rings. The molecule has 1 atom stereocenters. The third kappa shape index (κ3) is 4.02. The predicted octanol–water partition coefficient (Wildman–Crippen LogP) is 3.78. The van der Waals surface area contributed by atoms with Crippen molar-refractivity contribution in [3.05, 3.63) is 59.2 Å². The van der Waals surface area contributed by atoms with E-state index in [1.165, 1.54) is 12.1 Å². The van der Waals surface area contributed by atoms with Crippen LogP contribution in [0.2, 0.25) is 0 Å². The second kappa shape index (κ2) is 7.18. The van der Waals surface area contributed by atoms with Crippen molar-refractivity contribution < 1.29 is 9.13 Å². The first-order chi connectivity index (χ1) is 10.1. The lowest BCUT2D eigenvalue weighted by Gasteiger charge is -2.18. The van der Waals surface area contributed by atoms with E-state index in [4.69, 9.17) is 4.74 Å². The van der Waals surface area contributed by atoms with Crippen molar-refractivity contribution in [2.75, 3.05) is 6.54 Å². The second-order valence-electron chi connectivity index (χ2n) is 5.02. The molecule has 0 aliphatic carbocycles. The lowest BCUT2D eigenvalue weighted by molar-refractivity contribution is 0.293. The van der Waals surface area contributed by atoms with Crippen LogP contribution in [0.1, 0.15) is 36.7 Å². The fraction of sp³-hybridized carbons (Fsp3) is 0.353. The molecular formula is C17H21FN2O. The van der Waals surface area contributed by atoms with Crippen LogP contribution in [-0.2, 0) is 6.61 Å². The third-order valence-corrected chi connectivity index (χ3v) is 3.43. The van der Waals surface area contributed by atoms with Crippen molar-refractivity contribution in [3.8, 4) is 5.75 Å². The summed E-state index contributed by atoms with van der Waals surface area (Å²) in [5.74, 6) is 0.436. The van der Waals surface area contributed by atoms with Crippen LogP contribution in [-0.4, -0.2) is 11.5 Å². The van der Waals surface area contributed by atoms with Gasteiger partial charge in [0.25, 0.3) is 0 Å². The zero-order valence-corrected chi connectivity index (χ0v) is 12.7. The number of halogens is 1. The minimum Gasteiger partial charge on any atom is -0.487 e. The van der Waals surface area contributed by atoms with E-state index in [-0.39, 0.29) is 11.9 Å². The number of hydrogen-bond donors (Lipinski definition) is 1. The molecule has 0 amide bonds. The van der Waals surface area contributed by atoms with Crippen molar-refractivity contribution in [1.82, 2.24) is 10.3 Å². The molecule has 1 heterocycles. The van der Waals surface area contributed by atoms with Crippen molar-refractivity contribution in [2.24, 2.45) is 0 Å². The minimum atomic E-state index is -0.254. The van der Waals surface area contributed by atoms with Gasteiger partial charge in [-0.25, -0.2) is 4.39 Å². The van der Waals surface area contributed by atoms with Crippen molar-refractivity contribution in [1.29, 1.82) is 0 Å². The molecule has 0 spiro atoms. The van der Waals surface area contributed by atoms with Crippen LogP contribution in [0.15, 0.2) is 36.5 Å². The first-order valence-electron chi connectivity index (χ1n) is 7.18. The Balaban J connectivity index is 2.18. The molecule has 3 nitrogen and oxygen atoms in total. The van der Waals surface area contributed by atoms with Gasteiger partial charge in [0.15, 0.2) is 0 Å². The highest BCUT2D eigenvalue weighted by Crippen LogP contribution is 2.27. The van der Waals surface area contributed by atoms with E-state index in [1.807, 2.05) is 32.9 Å². The van der Waals surface area contributed by atoms with Crippen LogP contribution in [0.3, 0.4) is 0 Å². The van der Waals surface area contributed by atoms with Gasteiger partial charge in [-0.05, 0) is 50.2 Å². The molecule has 0 saturated heterocycles. The molecule has 0 aliphatic heterocycles. The lowest BCUT2D eigenvalue weighted by Crippen LogP contribution is -2.18. The highest BCUT2D eigenvalue weighted by Gasteiger charge is 2.13. The van der Waals surface area contributed by atoms with Gasteiger partial charge in [-0.15, -0.1) is 0 Å². The van der Waals surface area contributed by atoms with Gasteiger partial charge >= 0.3 is 0 Å². The molecule has 1 unspecified atom stereocenters. The number of benzene rings is 1. The number of nitrogens with one attached hydrogen (secondary N) is 1. The minimum absolute atomic E-state index is 0.0329.